The second-order valence-corrected chi connectivity index (χ2v) is 5.04. The standard InChI is InChI=1S/C7H15N2.2C7H9.La/c1-4-8-7-9(5-2)6-3;2*1-2-7-5-3-4-6-7;/h4-6H2,1-3H3;2*3-6H,2H2,1H3;/q3*-1;+3. The van der Waals surface area contributed by atoms with Crippen molar-refractivity contribution in [2.75, 3.05) is 19.6 Å². The van der Waals surface area contributed by atoms with Crippen molar-refractivity contribution in [1.29, 1.82) is 0 Å². The van der Waals surface area contributed by atoms with Gasteiger partial charge in [0.1, 0.15) is 0 Å². The number of hydrogen-bond acceptors (Lipinski definition) is 1. The maximum Gasteiger partial charge on any atom is 3.00 e. The number of aliphatic imine (C=N–C) groups is 1. The van der Waals surface area contributed by atoms with Gasteiger partial charge in [0.05, 0.1) is 0 Å². The summed E-state index contributed by atoms with van der Waals surface area (Å²) in [4.78, 5) is 6.03. The van der Waals surface area contributed by atoms with Crippen LogP contribution in [0.5, 0.6) is 0 Å². The molecule has 0 fully saturated rings. The van der Waals surface area contributed by atoms with Crippen LogP contribution in [0, 0.1) is 35.6 Å². The van der Waals surface area contributed by atoms with Crippen molar-refractivity contribution in [1.82, 2.24) is 4.90 Å². The summed E-state index contributed by atoms with van der Waals surface area (Å²) in [6.45, 7) is 13.4. The van der Waals surface area contributed by atoms with Gasteiger partial charge in [0.15, 0.2) is 0 Å². The van der Waals surface area contributed by atoms with Crippen molar-refractivity contribution >= 4 is 6.34 Å². The Kier molecular flexibility index (Phi) is 19.9. The quantitative estimate of drug-likeness (QED) is 0.255. The van der Waals surface area contributed by atoms with E-state index in [9.17, 15) is 0 Å². The minimum absolute atomic E-state index is 0. The third kappa shape index (κ3) is 13.8. The second-order valence-electron chi connectivity index (χ2n) is 5.04. The number of rotatable bonds is 6. The molecule has 130 valence electrons. The molecule has 0 heterocycles. The van der Waals surface area contributed by atoms with E-state index in [4.69, 9.17) is 0 Å². The molecule has 0 aliphatic rings. The topological polar surface area (TPSA) is 15.6 Å². The summed E-state index contributed by atoms with van der Waals surface area (Å²) in [5.41, 5.74) is 2.86. The fraction of sp³-hybridized carbons (Fsp3) is 0.476. The predicted octanol–water partition coefficient (Wildman–Crippen LogP) is 5.19. The summed E-state index contributed by atoms with van der Waals surface area (Å²) in [5, 5.41) is 0. The van der Waals surface area contributed by atoms with E-state index < -0.39 is 0 Å². The van der Waals surface area contributed by atoms with Gasteiger partial charge in [0.2, 0.25) is 0 Å². The number of nitrogens with zero attached hydrogens (tertiary/aromatic N) is 2. The van der Waals surface area contributed by atoms with Gasteiger partial charge in [-0.25, -0.2) is 24.3 Å². The minimum atomic E-state index is 0. The molecule has 24 heavy (non-hydrogen) atoms. The predicted molar refractivity (Wildman–Crippen MR) is 104 cm³/mol. The largest absolute Gasteiger partial charge is 3.00 e. The zero-order valence-corrected chi connectivity index (χ0v) is 19.8. The molecule has 0 unspecified atom stereocenters. The van der Waals surface area contributed by atoms with Crippen molar-refractivity contribution in [2.45, 2.75) is 47.5 Å². The minimum Gasteiger partial charge on any atom is -0.538 e. The van der Waals surface area contributed by atoms with E-state index in [0.29, 0.717) is 0 Å². The molecule has 0 amide bonds. The van der Waals surface area contributed by atoms with Gasteiger partial charge in [-0.05, 0) is 26.6 Å². The van der Waals surface area contributed by atoms with Crippen LogP contribution in [0.15, 0.2) is 53.5 Å². The molecule has 0 N–H and O–H groups in total. The Morgan fingerprint density at radius 3 is 1.33 bits per heavy atom. The van der Waals surface area contributed by atoms with Crippen LogP contribution in [0.1, 0.15) is 45.7 Å². The van der Waals surface area contributed by atoms with Gasteiger partial charge < -0.3 is 9.89 Å². The van der Waals surface area contributed by atoms with E-state index in [1.54, 1.807) is 0 Å². The zero-order chi connectivity index (χ0) is 17.3. The Balaban J connectivity index is 0. The summed E-state index contributed by atoms with van der Waals surface area (Å²) < 4.78 is 0. The maximum atomic E-state index is 3.99. The molecule has 0 atom stereocenters. The van der Waals surface area contributed by atoms with Crippen molar-refractivity contribution < 1.29 is 35.6 Å². The van der Waals surface area contributed by atoms with E-state index in [1.807, 2.05) is 11.8 Å². The van der Waals surface area contributed by atoms with Crippen LogP contribution in [0.25, 0.3) is 0 Å². The van der Waals surface area contributed by atoms with Crippen molar-refractivity contribution in [3.8, 4) is 0 Å². The summed E-state index contributed by atoms with van der Waals surface area (Å²) in [6.07, 6.45) is 5.25. The molecule has 0 aromatic heterocycles. The van der Waals surface area contributed by atoms with Crippen molar-refractivity contribution in [2.24, 2.45) is 4.99 Å². The van der Waals surface area contributed by atoms with Gasteiger partial charge in [0, 0.05) is 0 Å². The Morgan fingerprint density at radius 2 is 1.12 bits per heavy atom. The number of hydrogen-bond donors (Lipinski definition) is 0. The van der Waals surface area contributed by atoms with E-state index >= 15 is 0 Å². The monoisotopic (exact) mass is 452 g/mol. The first-order chi connectivity index (χ1) is 11.2. The first-order valence-electron chi connectivity index (χ1n) is 8.79. The third-order valence-corrected chi connectivity index (χ3v) is 3.41. The second kappa shape index (κ2) is 18.7. The van der Waals surface area contributed by atoms with E-state index in [1.165, 1.54) is 11.1 Å². The van der Waals surface area contributed by atoms with E-state index in [0.717, 1.165) is 32.5 Å². The molecule has 0 bridgehead atoms. The average molecular weight is 452 g/mol. The molecule has 2 nitrogen and oxygen atoms in total. The van der Waals surface area contributed by atoms with Crippen LogP contribution in [0.4, 0.5) is 0 Å². The molecule has 0 aliphatic heterocycles. The van der Waals surface area contributed by atoms with E-state index in [-0.39, 0.29) is 35.6 Å². The van der Waals surface area contributed by atoms with Crippen LogP contribution in [-0.2, 0) is 12.8 Å². The van der Waals surface area contributed by atoms with Gasteiger partial charge in [-0.2, -0.15) is 35.4 Å². The fourth-order valence-electron chi connectivity index (χ4n) is 1.83. The van der Waals surface area contributed by atoms with Crippen molar-refractivity contribution in [3.05, 3.63) is 59.7 Å². The first kappa shape index (κ1) is 25.6. The van der Waals surface area contributed by atoms with Gasteiger partial charge >= 0.3 is 35.6 Å². The van der Waals surface area contributed by atoms with Gasteiger partial charge in [-0.1, -0.05) is 40.5 Å². The molecule has 2 aromatic carbocycles. The molecule has 2 rings (SSSR count). The Labute approximate surface area is 177 Å². The van der Waals surface area contributed by atoms with Crippen molar-refractivity contribution in [3.63, 3.8) is 0 Å². The molecule has 0 spiro atoms. The Morgan fingerprint density at radius 1 is 0.750 bits per heavy atom. The average Bonchev–Trinajstić information content (AvgIpc) is 3.30. The van der Waals surface area contributed by atoms with Crippen LogP contribution in [0.2, 0.25) is 0 Å². The Bertz CT molecular complexity index is 420. The summed E-state index contributed by atoms with van der Waals surface area (Å²) in [5.74, 6) is 0. The molecule has 0 radical (unpaired) electrons. The van der Waals surface area contributed by atoms with Gasteiger partial charge in [-0.3, -0.25) is 6.34 Å². The molecule has 3 heteroatoms. The summed E-state index contributed by atoms with van der Waals surface area (Å²) in [6, 6.07) is 16.8. The third-order valence-electron chi connectivity index (χ3n) is 3.41. The normalized spacial score (nSPS) is 9.38. The summed E-state index contributed by atoms with van der Waals surface area (Å²) >= 11 is 0. The van der Waals surface area contributed by atoms with E-state index in [2.05, 4.69) is 87.6 Å². The fourth-order valence-corrected chi connectivity index (χ4v) is 1.83. The molecule has 0 saturated heterocycles. The molecule has 0 aliphatic carbocycles. The molecule has 0 saturated carbocycles. The van der Waals surface area contributed by atoms with Crippen LogP contribution in [-0.4, -0.2) is 30.9 Å². The first-order valence-corrected chi connectivity index (χ1v) is 8.79. The maximum absolute atomic E-state index is 3.99. The smallest absolute Gasteiger partial charge is 0.538 e. The zero-order valence-electron chi connectivity index (χ0n) is 16.1. The molecule has 2 aromatic rings. The SMILES string of the molecule is CCN=[C-]N(CC)CC.CC[c-]1cccc1.CC[c-]1cccc1.[La+3]. The van der Waals surface area contributed by atoms with Gasteiger partial charge in [-0.15, -0.1) is 0 Å². The van der Waals surface area contributed by atoms with Crippen LogP contribution >= 0.6 is 0 Å². The molecular formula is C21H33LaN2. The Hall–Kier alpha value is -0.635. The van der Waals surface area contributed by atoms with Crippen LogP contribution in [0.3, 0.4) is 0 Å². The summed E-state index contributed by atoms with van der Waals surface area (Å²) in [7, 11) is 0. The molecular weight excluding hydrogens is 419 g/mol. The number of aryl methyl sites for hydroxylation is 2. The van der Waals surface area contributed by atoms with Crippen LogP contribution < -0.4 is 0 Å². The van der Waals surface area contributed by atoms with Gasteiger partial charge in [0.25, 0.3) is 0 Å².